The molecule has 0 spiro atoms. The molecule has 2 aromatic rings. The molecule has 0 bridgehead atoms. The number of hydrogen-bond donors (Lipinski definition) is 3. The van der Waals surface area contributed by atoms with Crippen LogP contribution >= 0.6 is 0 Å². The molecule has 0 radical (unpaired) electrons. The monoisotopic (exact) mass is 271 g/mol. The molecule has 2 aromatic carbocycles. The van der Waals surface area contributed by atoms with Crippen LogP contribution in [-0.2, 0) is 6.42 Å². The maximum absolute atomic E-state index is 10.1. The Labute approximate surface area is 119 Å². The van der Waals surface area contributed by atoms with Gasteiger partial charge in [0.25, 0.3) is 0 Å². The van der Waals surface area contributed by atoms with Crippen molar-refractivity contribution in [1.82, 2.24) is 5.32 Å². The summed E-state index contributed by atoms with van der Waals surface area (Å²) in [5, 5.41) is 22.6. The maximum atomic E-state index is 10.1. The summed E-state index contributed by atoms with van der Waals surface area (Å²) in [4.78, 5) is 0. The number of aliphatic hydroxyl groups is 1. The molecular formula is C17H21NO2. The van der Waals surface area contributed by atoms with Gasteiger partial charge in [-0.15, -0.1) is 0 Å². The molecule has 0 saturated carbocycles. The topological polar surface area (TPSA) is 52.5 Å². The van der Waals surface area contributed by atoms with Gasteiger partial charge in [-0.3, -0.25) is 0 Å². The SMILES string of the molecule is CC(Cc1ccccc1)NCC(O)c1ccc(O)cc1. The quantitative estimate of drug-likeness (QED) is 0.757. The smallest absolute Gasteiger partial charge is 0.115 e. The summed E-state index contributed by atoms with van der Waals surface area (Å²) < 4.78 is 0. The van der Waals surface area contributed by atoms with Crippen molar-refractivity contribution < 1.29 is 10.2 Å². The van der Waals surface area contributed by atoms with Crippen molar-refractivity contribution in [3.05, 3.63) is 65.7 Å². The number of hydrogen-bond acceptors (Lipinski definition) is 3. The number of phenols is 1. The van der Waals surface area contributed by atoms with Crippen LogP contribution in [0.25, 0.3) is 0 Å². The Bertz CT molecular complexity index is 510. The third-order valence-corrected chi connectivity index (χ3v) is 3.32. The second-order valence-corrected chi connectivity index (χ2v) is 5.11. The van der Waals surface area contributed by atoms with E-state index in [0.29, 0.717) is 12.6 Å². The number of benzene rings is 2. The van der Waals surface area contributed by atoms with Crippen molar-refractivity contribution in [2.75, 3.05) is 6.54 Å². The molecule has 0 fully saturated rings. The maximum Gasteiger partial charge on any atom is 0.115 e. The Morgan fingerprint density at radius 1 is 1.00 bits per heavy atom. The van der Waals surface area contributed by atoms with Crippen molar-refractivity contribution in [2.24, 2.45) is 0 Å². The minimum Gasteiger partial charge on any atom is -0.508 e. The van der Waals surface area contributed by atoms with E-state index in [2.05, 4.69) is 24.4 Å². The predicted octanol–water partition coefficient (Wildman–Crippen LogP) is 2.65. The van der Waals surface area contributed by atoms with Gasteiger partial charge in [-0.25, -0.2) is 0 Å². The molecule has 0 aliphatic rings. The molecule has 2 unspecified atom stereocenters. The average molecular weight is 271 g/mol. The molecule has 3 heteroatoms. The molecule has 3 nitrogen and oxygen atoms in total. The van der Waals surface area contributed by atoms with Gasteiger partial charge in [-0.1, -0.05) is 42.5 Å². The van der Waals surface area contributed by atoms with Crippen LogP contribution in [0.15, 0.2) is 54.6 Å². The number of rotatable bonds is 6. The molecule has 106 valence electrons. The molecule has 0 aromatic heterocycles. The van der Waals surface area contributed by atoms with Gasteiger partial charge in [0, 0.05) is 12.6 Å². The normalized spacial score (nSPS) is 13.9. The van der Waals surface area contributed by atoms with Crippen molar-refractivity contribution in [2.45, 2.75) is 25.5 Å². The summed E-state index contributed by atoms with van der Waals surface area (Å²) in [5.74, 6) is 0.214. The van der Waals surface area contributed by atoms with Crippen LogP contribution in [0.4, 0.5) is 0 Å². The van der Waals surface area contributed by atoms with E-state index < -0.39 is 6.10 Å². The fourth-order valence-electron chi connectivity index (χ4n) is 2.17. The van der Waals surface area contributed by atoms with Gasteiger partial charge in [-0.05, 0) is 36.6 Å². The molecule has 3 N–H and O–H groups in total. The number of aromatic hydroxyl groups is 1. The Kier molecular flexibility index (Phi) is 5.16. The van der Waals surface area contributed by atoms with Gasteiger partial charge in [0.05, 0.1) is 6.10 Å². The summed E-state index contributed by atoms with van der Waals surface area (Å²) in [6.45, 7) is 2.61. The lowest BCUT2D eigenvalue weighted by atomic mass is 10.1. The molecule has 20 heavy (non-hydrogen) atoms. The number of nitrogens with one attached hydrogen (secondary N) is 1. The minimum absolute atomic E-state index is 0.214. The lowest BCUT2D eigenvalue weighted by molar-refractivity contribution is 0.170. The molecule has 2 atom stereocenters. The van der Waals surface area contributed by atoms with E-state index in [1.54, 1.807) is 24.3 Å². The van der Waals surface area contributed by atoms with E-state index in [9.17, 15) is 10.2 Å². The second-order valence-electron chi connectivity index (χ2n) is 5.11. The first-order chi connectivity index (χ1) is 9.65. The lowest BCUT2D eigenvalue weighted by Gasteiger charge is -2.17. The molecular weight excluding hydrogens is 250 g/mol. The van der Waals surface area contributed by atoms with Crippen LogP contribution in [-0.4, -0.2) is 22.8 Å². The van der Waals surface area contributed by atoms with Crippen molar-refractivity contribution in [1.29, 1.82) is 0 Å². The molecule has 2 rings (SSSR count). The predicted molar refractivity (Wildman–Crippen MR) is 80.7 cm³/mol. The zero-order valence-corrected chi connectivity index (χ0v) is 11.7. The van der Waals surface area contributed by atoms with Gasteiger partial charge >= 0.3 is 0 Å². The average Bonchev–Trinajstić information content (AvgIpc) is 2.46. The minimum atomic E-state index is -0.561. The van der Waals surface area contributed by atoms with E-state index in [1.807, 2.05) is 18.2 Å². The van der Waals surface area contributed by atoms with Crippen LogP contribution in [0, 0.1) is 0 Å². The second kappa shape index (κ2) is 7.08. The van der Waals surface area contributed by atoms with Crippen LogP contribution < -0.4 is 5.32 Å². The summed E-state index contributed by atoms with van der Waals surface area (Å²) in [7, 11) is 0. The lowest BCUT2D eigenvalue weighted by Crippen LogP contribution is -2.32. The summed E-state index contributed by atoms with van der Waals surface area (Å²) in [6.07, 6.45) is 0.372. The molecule has 0 aliphatic heterocycles. The van der Waals surface area contributed by atoms with Crippen molar-refractivity contribution in [3.63, 3.8) is 0 Å². The Morgan fingerprint density at radius 3 is 2.30 bits per heavy atom. The van der Waals surface area contributed by atoms with Gasteiger partial charge in [0.1, 0.15) is 5.75 Å². The van der Waals surface area contributed by atoms with E-state index >= 15 is 0 Å². The van der Waals surface area contributed by atoms with Crippen molar-refractivity contribution >= 4 is 0 Å². The van der Waals surface area contributed by atoms with Gasteiger partial charge < -0.3 is 15.5 Å². The van der Waals surface area contributed by atoms with Crippen LogP contribution in [0.2, 0.25) is 0 Å². The highest BCUT2D eigenvalue weighted by atomic mass is 16.3. The zero-order chi connectivity index (χ0) is 14.4. The fourth-order valence-corrected chi connectivity index (χ4v) is 2.17. The first-order valence-corrected chi connectivity index (χ1v) is 6.89. The van der Waals surface area contributed by atoms with Crippen LogP contribution in [0.3, 0.4) is 0 Å². The summed E-state index contributed by atoms with van der Waals surface area (Å²) >= 11 is 0. The largest absolute Gasteiger partial charge is 0.508 e. The number of phenolic OH excluding ortho intramolecular Hbond substituents is 1. The molecule has 0 aliphatic carbocycles. The first-order valence-electron chi connectivity index (χ1n) is 6.89. The molecule has 0 heterocycles. The molecule has 0 saturated heterocycles. The highest BCUT2D eigenvalue weighted by molar-refractivity contribution is 5.27. The third-order valence-electron chi connectivity index (χ3n) is 3.32. The fraction of sp³-hybridized carbons (Fsp3) is 0.294. The Hall–Kier alpha value is -1.84. The zero-order valence-electron chi connectivity index (χ0n) is 11.7. The van der Waals surface area contributed by atoms with Crippen LogP contribution in [0.5, 0.6) is 5.75 Å². The van der Waals surface area contributed by atoms with E-state index in [4.69, 9.17) is 0 Å². The van der Waals surface area contributed by atoms with Gasteiger partial charge in [0.2, 0.25) is 0 Å². The van der Waals surface area contributed by atoms with E-state index in [-0.39, 0.29) is 5.75 Å². The summed E-state index contributed by atoms with van der Waals surface area (Å²) in [5.41, 5.74) is 2.09. The third kappa shape index (κ3) is 4.37. The highest BCUT2D eigenvalue weighted by Crippen LogP contribution is 2.16. The Morgan fingerprint density at radius 2 is 1.65 bits per heavy atom. The summed E-state index contributed by atoms with van der Waals surface area (Å²) in [6, 6.07) is 17.2. The van der Waals surface area contributed by atoms with Crippen LogP contribution in [0.1, 0.15) is 24.2 Å². The van der Waals surface area contributed by atoms with E-state index in [1.165, 1.54) is 5.56 Å². The highest BCUT2D eigenvalue weighted by Gasteiger charge is 2.09. The van der Waals surface area contributed by atoms with E-state index in [0.717, 1.165) is 12.0 Å². The first kappa shape index (κ1) is 14.6. The number of aliphatic hydroxyl groups excluding tert-OH is 1. The standard InChI is InChI=1S/C17H21NO2/c1-13(11-14-5-3-2-4-6-14)18-12-17(20)15-7-9-16(19)10-8-15/h2-10,13,17-20H,11-12H2,1H3. The van der Waals surface area contributed by atoms with Gasteiger partial charge in [0.15, 0.2) is 0 Å². The Balaban J connectivity index is 1.81. The van der Waals surface area contributed by atoms with Gasteiger partial charge in [-0.2, -0.15) is 0 Å². The van der Waals surface area contributed by atoms with Crippen molar-refractivity contribution in [3.8, 4) is 5.75 Å². The molecule has 0 amide bonds.